The highest BCUT2D eigenvalue weighted by Gasteiger charge is 2.25. The van der Waals surface area contributed by atoms with E-state index in [-0.39, 0.29) is 24.2 Å². The number of nitrogens with one attached hydrogen (secondary N) is 1. The summed E-state index contributed by atoms with van der Waals surface area (Å²) >= 11 is 3.18. The molecule has 1 aliphatic heterocycles. The number of likely N-dealkylation sites (tertiary alicyclic amines) is 1. The molecule has 2 aromatic heterocycles. The zero-order chi connectivity index (χ0) is 20.9. The summed E-state index contributed by atoms with van der Waals surface area (Å²) < 4.78 is 13.4. The van der Waals surface area contributed by atoms with Crippen molar-refractivity contribution in [3.8, 4) is 10.6 Å². The zero-order valence-corrected chi connectivity index (χ0v) is 18.6. The molecule has 0 aliphatic carbocycles. The van der Waals surface area contributed by atoms with Crippen LogP contribution in [0, 0.1) is 11.7 Å². The van der Waals surface area contributed by atoms with Crippen LogP contribution in [0.2, 0.25) is 0 Å². The highest BCUT2D eigenvalue weighted by Crippen LogP contribution is 2.29. The van der Waals surface area contributed by atoms with E-state index < -0.39 is 0 Å². The van der Waals surface area contributed by atoms with Crippen LogP contribution in [-0.4, -0.2) is 35.4 Å². The fraction of sp³-hybridized carbons (Fsp3) is 0.391. The third-order valence-electron chi connectivity index (χ3n) is 5.59. The van der Waals surface area contributed by atoms with Gasteiger partial charge in [-0.05, 0) is 55.4 Å². The molecule has 1 amide bonds. The number of thiazole rings is 1. The summed E-state index contributed by atoms with van der Waals surface area (Å²) in [4.78, 5) is 20.9. The number of halogens is 1. The number of piperidine rings is 1. The number of nitrogens with zero attached hydrogens (tertiary/aromatic N) is 2. The first-order valence-corrected chi connectivity index (χ1v) is 12.1. The maximum absolute atomic E-state index is 13.4. The Hall–Kier alpha value is -2.09. The number of benzene rings is 1. The smallest absolute Gasteiger partial charge is 0.226 e. The largest absolute Gasteiger partial charge is 0.354 e. The van der Waals surface area contributed by atoms with Crippen LogP contribution in [0.25, 0.3) is 10.6 Å². The Bertz CT molecular complexity index is 965. The Morgan fingerprint density at radius 1 is 1.27 bits per heavy atom. The molecule has 1 unspecified atom stereocenters. The number of thiophene rings is 1. The van der Waals surface area contributed by atoms with Gasteiger partial charge in [0.15, 0.2) is 0 Å². The van der Waals surface area contributed by atoms with Gasteiger partial charge in [-0.2, -0.15) is 0 Å². The number of hydrogen-bond donors (Lipinski definition) is 1. The van der Waals surface area contributed by atoms with Crippen molar-refractivity contribution in [2.24, 2.45) is 5.92 Å². The summed E-state index contributed by atoms with van der Waals surface area (Å²) in [5, 5.41) is 7.82. The van der Waals surface area contributed by atoms with Crippen molar-refractivity contribution < 1.29 is 9.18 Å². The topological polar surface area (TPSA) is 45.2 Å². The lowest BCUT2D eigenvalue weighted by molar-refractivity contribution is -0.120. The van der Waals surface area contributed by atoms with Crippen LogP contribution >= 0.6 is 22.7 Å². The van der Waals surface area contributed by atoms with Gasteiger partial charge in [0.1, 0.15) is 10.8 Å². The monoisotopic (exact) mass is 443 g/mol. The van der Waals surface area contributed by atoms with Gasteiger partial charge < -0.3 is 5.32 Å². The fourth-order valence-electron chi connectivity index (χ4n) is 3.81. The molecule has 1 saturated heterocycles. The second kappa shape index (κ2) is 9.81. The first kappa shape index (κ1) is 21.2. The maximum Gasteiger partial charge on any atom is 0.226 e. The Labute approximate surface area is 184 Å². The minimum atomic E-state index is -0.284. The first-order valence-electron chi connectivity index (χ1n) is 10.3. The van der Waals surface area contributed by atoms with Crippen molar-refractivity contribution >= 4 is 28.6 Å². The standard InChI is InChI=1S/C23H26FN3OS2/c1-16-7-9-27(10-8-16)20(21-6-3-11-29-21)14-25-22(28)13-19-15-30-23(26-19)17-4-2-5-18(24)12-17/h2-6,11-12,15-16,20H,7-10,13-14H2,1H3,(H,25,28). The molecule has 0 bridgehead atoms. The molecule has 1 aliphatic rings. The van der Waals surface area contributed by atoms with E-state index >= 15 is 0 Å². The third-order valence-corrected chi connectivity index (χ3v) is 7.50. The molecule has 158 valence electrons. The fourth-order valence-corrected chi connectivity index (χ4v) is 5.49. The molecule has 1 aromatic carbocycles. The molecule has 3 heterocycles. The van der Waals surface area contributed by atoms with E-state index in [0.717, 1.165) is 35.3 Å². The molecule has 3 aromatic rings. The van der Waals surface area contributed by atoms with Crippen LogP contribution in [0.3, 0.4) is 0 Å². The predicted molar refractivity (Wildman–Crippen MR) is 121 cm³/mol. The van der Waals surface area contributed by atoms with E-state index in [2.05, 4.69) is 39.6 Å². The van der Waals surface area contributed by atoms with Gasteiger partial charge in [-0.15, -0.1) is 22.7 Å². The predicted octanol–water partition coefficient (Wildman–Crippen LogP) is 5.14. The van der Waals surface area contributed by atoms with Crippen molar-refractivity contribution in [3.05, 3.63) is 63.5 Å². The van der Waals surface area contributed by atoms with Crippen molar-refractivity contribution in [1.82, 2.24) is 15.2 Å². The van der Waals surface area contributed by atoms with Crippen molar-refractivity contribution in [3.63, 3.8) is 0 Å². The molecule has 7 heteroatoms. The second-order valence-electron chi connectivity index (χ2n) is 7.88. The molecule has 30 heavy (non-hydrogen) atoms. The molecule has 4 rings (SSSR count). The van der Waals surface area contributed by atoms with E-state index in [1.165, 1.54) is 41.2 Å². The minimum Gasteiger partial charge on any atom is -0.354 e. The lowest BCUT2D eigenvalue weighted by Crippen LogP contribution is -2.42. The van der Waals surface area contributed by atoms with Gasteiger partial charge in [-0.3, -0.25) is 9.69 Å². The number of carbonyl (C=O) groups is 1. The molecule has 1 atom stereocenters. The van der Waals surface area contributed by atoms with Crippen molar-refractivity contribution in [2.75, 3.05) is 19.6 Å². The third kappa shape index (κ3) is 5.33. The number of hydrogen-bond acceptors (Lipinski definition) is 5. The molecule has 1 fully saturated rings. The van der Waals surface area contributed by atoms with Crippen LogP contribution in [0.4, 0.5) is 4.39 Å². The van der Waals surface area contributed by atoms with E-state index in [0.29, 0.717) is 6.54 Å². The number of carbonyl (C=O) groups excluding carboxylic acids is 1. The molecule has 4 nitrogen and oxygen atoms in total. The van der Waals surface area contributed by atoms with Gasteiger partial charge in [-0.1, -0.05) is 25.1 Å². The van der Waals surface area contributed by atoms with Crippen LogP contribution in [0.15, 0.2) is 47.2 Å². The second-order valence-corrected chi connectivity index (χ2v) is 9.72. The van der Waals surface area contributed by atoms with E-state index in [4.69, 9.17) is 0 Å². The Balaban J connectivity index is 1.36. The summed E-state index contributed by atoms with van der Waals surface area (Å²) in [6.07, 6.45) is 2.65. The lowest BCUT2D eigenvalue weighted by atomic mass is 9.97. The van der Waals surface area contributed by atoms with Gasteiger partial charge in [-0.25, -0.2) is 9.37 Å². The average molecular weight is 444 g/mol. The van der Waals surface area contributed by atoms with Gasteiger partial charge in [0.2, 0.25) is 5.91 Å². The SMILES string of the molecule is CC1CCN(C(CNC(=O)Cc2csc(-c3cccc(F)c3)n2)c2cccs2)CC1. The quantitative estimate of drug-likeness (QED) is 0.550. The maximum atomic E-state index is 13.4. The molecule has 0 saturated carbocycles. The Kier molecular flexibility index (Phi) is 6.92. The van der Waals surface area contributed by atoms with E-state index in [1.807, 2.05) is 11.4 Å². The highest BCUT2D eigenvalue weighted by molar-refractivity contribution is 7.13. The molecule has 0 spiro atoms. The normalized spacial score (nSPS) is 16.5. The van der Waals surface area contributed by atoms with Crippen LogP contribution in [0.1, 0.15) is 36.4 Å². The number of rotatable bonds is 7. The number of amides is 1. The Morgan fingerprint density at radius 3 is 2.83 bits per heavy atom. The Morgan fingerprint density at radius 2 is 2.10 bits per heavy atom. The van der Waals surface area contributed by atoms with Gasteiger partial charge in [0.25, 0.3) is 0 Å². The van der Waals surface area contributed by atoms with Crippen LogP contribution < -0.4 is 5.32 Å². The van der Waals surface area contributed by atoms with E-state index in [9.17, 15) is 9.18 Å². The first-order chi connectivity index (χ1) is 14.6. The summed E-state index contributed by atoms with van der Waals surface area (Å²) in [7, 11) is 0. The zero-order valence-electron chi connectivity index (χ0n) is 17.0. The van der Waals surface area contributed by atoms with Crippen LogP contribution in [0.5, 0.6) is 0 Å². The van der Waals surface area contributed by atoms with Crippen molar-refractivity contribution in [1.29, 1.82) is 0 Å². The molecule has 1 N–H and O–H groups in total. The van der Waals surface area contributed by atoms with Gasteiger partial charge in [0, 0.05) is 22.4 Å². The summed E-state index contributed by atoms with van der Waals surface area (Å²) in [6, 6.07) is 10.8. The van der Waals surface area contributed by atoms with Crippen LogP contribution in [-0.2, 0) is 11.2 Å². The molecule has 0 radical (unpaired) electrons. The summed E-state index contributed by atoms with van der Waals surface area (Å²) in [5.41, 5.74) is 1.46. The summed E-state index contributed by atoms with van der Waals surface area (Å²) in [5.74, 6) is 0.462. The number of aromatic nitrogens is 1. The van der Waals surface area contributed by atoms with Gasteiger partial charge >= 0.3 is 0 Å². The highest BCUT2D eigenvalue weighted by atomic mass is 32.1. The lowest BCUT2D eigenvalue weighted by Gasteiger charge is -2.36. The molecular formula is C23H26FN3OS2. The summed E-state index contributed by atoms with van der Waals surface area (Å²) in [6.45, 7) is 5.06. The minimum absolute atomic E-state index is 0.0296. The average Bonchev–Trinajstić information content (AvgIpc) is 3.42. The van der Waals surface area contributed by atoms with Gasteiger partial charge in [0.05, 0.1) is 18.2 Å². The van der Waals surface area contributed by atoms with E-state index in [1.54, 1.807) is 17.4 Å². The molecular weight excluding hydrogens is 417 g/mol. The van der Waals surface area contributed by atoms with Crippen molar-refractivity contribution in [2.45, 2.75) is 32.2 Å².